The Balaban J connectivity index is 2.09. The number of carboxylic acids is 1. The van der Waals surface area contributed by atoms with Gasteiger partial charge in [-0.05, 0) is 43.8 Å². The fourth-order valence-corrected chi connectivity index (χ4v) is 5.09. The van der Waals surface area contributed by atoms with Crippen LogP contribution in [0.2, 0.25) is 0 Å². The second-order valence-corrected chi connectivity index (χ2v) is 8.33. The molecule has 0 spiro atoms. The second-order valence-electron chi connectivity index (χ2n) is 6.98. The molecule has 1 aliphatic rings. The van der Waals surface area contributed by atoms with E-state index in [1.807, 2.05) is 0 Å². The summed E-state index contributed by atoms with van der Waals surface area (Å²) in [5, 5.41) is 19.5. The van der Waals surface area contributed by atoms with Crippen LogP contribution in [0.3, 0.4) is 0 Å². The van der Waals surface area contributed by atoms with E-state index < -0.39 is 5.97 Å². The van der Waals surface area contributed by atoms with Gasteiger partial charge in [-0.15, -0.1) is 0 Å². The van der Waals surface area contributed by atoms with Gasteiger partial charge in [-0.25, -0.2) is 0 Å². The summed E-state index contributed by atoms with van der Waals surface area (Å²) >= 11 is 2.09. The third-order valence-corrected chi connectivity index (χ3v) is 6.51. The minimum absolute atomic E-state index is 0.105. The molecule has 0 aromatic rings. The molecule has 2 N–H and O–H groups in total. The number of hydrogen-bond donors (Lipinski definition) is 2. The lowest BCUT2D eigenvalue weighted by Gasteiger charge is -2.21. The zero-order valence-electron chi connectivity index (χ0n) is 14.8. The van der Waals surface area contributed by atoms with E-state index in [0.717, 1.165) is 38.5 Å². The molecule has 0 radical (unpaired) electrons. The molecular formula is C19H36O3S. The van der Waals surface area contributed by atoms with Gasteiger partial charge >= 0.3 is 5.97 Å². The summed E-state index contributed by atoms with van der Waals surface area (Å²) in [6, 6.07) is 0. The maximum atomic E-state index is 10.5. The Hall–Kier alpha value is -0.220. The Bertz CT molecular complexity index is 309. The lowest BCUT2D eigenvalue weighted by molar-refractivity contribution is -0.137. The van der Waals surface area contributed by atoms with Crippen LogP contribution in [0.1, 0.15) is 90.4 Å². The number of thioether (sulfide) groups is 1. The Morgan fingerprint density at radius 2 is 1.70 bits per heavy atom. The normalized spacial score (nSPS) is 24.2. The average Bonchev–Trinajstić information content (AvgIpc) is 2.86. The van der Waals surface area contributed by atoms with Gasteiger partial charge in [0, 0.05) is 11.7 Å². The summed E-state index contributed by atoms with van der Waals surface area (Å²) < 4.78 is 0. The lowest BCUT2D eigenvalue weighted by atomic mass is 9.97. The van der Waals surface area contributed by atoms with Crippen LogP contribution in [-0.4, -0.2) is 33.3 Å². The molecule has 0 aliphatic heterocycles. The molecule has 3 atom stereocenters. The number of aliphatic hydroxyl groups excluding tert-OH is 1. The zero-order valence-corrected chi connectivity index (χ0v) is 15.7. The number of carbonyl (C=O) groups is 1. The molecule has 0 amide bonds. The van der Waals surface area contributed by atoms with Crippen LogP contribution in [0.5, 0.6) is 0 Å². The Morgan fingerprint density at radius 1 is 1.00 bits per heavy atom. The van der Waals surface area contributed by atoms with Crippen molar-refractivity contribution in [3.8, 4) is 0 Å². The maximum Gasteiger partial charge on any atom is 0.303 e. The standard InChI is InChI=1S/C19H36O3S/c1-2-3-4-7-10-15-23-18-14-13-17(20)16(18)11-8-5-6-9-12-19(21)22/h16-18,20H,2-15H2,1H3,(H,21,22)/t16?,17-,18?/m0/s1. The van der Waals surface area contributed by atoms with Crippen LogP contribution in [0.4, 0.5) is 0 Å². The van der Waals surface area contributed by atoms with Crippen molar-refractivity contribution in [2.75, 3.05) is 5.75 Å². The quantitative estimate of drug-likeness (QED) is 0.422. The van der Waals surface area contributed by atoms with Crippen molar-refractivity contribution in [2.45, 2.75) is 102 Å². The predicted molar refractivity (Wildman–Crippen MR) is 99.1 cm³/mol. The molecular weight excluding hydrogens is 308 g/mol. The summed E-state index contributed by atoms with van der Waals surface area (Å²) in [6.07, 6.45) is 14.2. The van der Waals surface area contributed by atoms with Gasteiger partial charge < -0.3 is 10.2 Å². The van der Waals surface area contributed by atoms with E-state index in [1.54, 1.807) is 0 Å². The highest BCUT2D eigenvalue weighted by atomic mass is 32.2. The smallest absolute Gasteiger partial charge is 0.303 e. The maximum absolute atomic E-state index is 10.5. The fraction of sp³-hybridized carbons (Fsp3) is 0.947. The van der Waals surface area contributed by atoms with Gasteiger partial charge in [0.1, 0.15) is 0 Å². The van der Waals surface area contributed by atoms with Gasteiger partial charge in [-0.3, -0.25) is 4.79 Å². The van der Waals surface area contributed by atoms with E-state index >= 15 is 0 Å². The molecule has 1 fully saturated rings. The van der Waals surface area contributed by atoms with Crippen LogP contribution in [0, 0.1) is 5.92 Å². The van der Waals surface area contributed by atoms with Crippen LogP contribution in [-0.2, 0) is 4.79 Å². The number of unbranched alkanes of at least 4 members (excludes halogenated alkanes) is 7. The molecule has 2 unspecified atom stereocenters. The number of hydrogen-bond acceptors (Lipinski definition) is 3. The molecule has 1 saturated carbocycles. The average molecular weight is 345 g/mol. The molecule has 0 aromatic carbocycles. The van der Waals surface area contributed by atoms with Crippen molar-refractivity contribution in [1.29, 1.82) is 0 Å². The van der Waals surface area contributed by atoms with Crippen molar-refractivity contribution >= 4 is 17.7 Å². The van der Waals surface area contributed by atoms with Crippen molar-refractivity contribution in [2.24, 2.45) is 5.92 Å². The van der Waals surface area contributed by atoms with Crippen LogP contribution < -0.4 is 0 Å². The minimum Gasteiger partial charge on any atom is -0.481 e. The number of carboxylic acid groups (broad SMARTS) is 1. The van der Waals surface area contributed by atoms with Gasteiger partial charge in [0.2, 0.25) is 0 Å². The number of rotatable bonds is 14. The highest BCUT2D eigenvalue weighted by Gasteiger charge is 2.34. The topological polar surface area (TPSA) is 57.5 Å². The van der Waals surface area contributed by atoms with Crippen molar-refractivity contribution in [3.63, 3.8) is 0 Å². The molecule has 136 valence electrons. The highest BCUT2D eigenvalue weighted by Crippen LogP contribution is 2.38. The summed E-state index contributed by atoms with van der Waals surface area (Å²) in [4.78, 5) is 10.5. The van der Waals surface area contributed by atoms with E-state index in [1.165, 1.54) is 44.3 Å². The molecule has 1 aliphatic carbocycles. The fourth-order valence-electron chi connectivity index (χ4n) is 3.55. The lowest BCUT2D eigenvalue weighted by Crippen LogP contribution is -2.21. The molecule has 0 bridgehead atoms. The van der Waals surface area contributed by atoms with E-state index in [4.69, 9.17) is 5.11 Å². The molecule has 23 heavy (non-hydrogen) atoms. The van der Waals surface area contributed by atoms with Crippen LogP contribution in [0.25, 0.3) is 0 Å². The van der Waals surface area contributed by atoms with E-state index in [-0.39, 0.29) is 6.10 Å². The zero-order chi connectivity index (χ0) is 16.9. The number of aliphatic hydroxyl groups is 1. The summed E-state index contributed by atoms with van der Waals surface area (Å²) in [7, 11) is 0. The monoisotopic (exact) mass is 344 g/mol. The summed E-state index contributed by atoms with van der Waals surface area (Å²) in [6.45, 7) is 2.25. The third kappa shape index (κ3) is 9.61. The minimum atomic E-state index is -0.688. The van der Waals surface area contributed by atoms with Gasteiger partial charge in [-0.1, -0.05) is 51.9 Å². The SMILES string of the molecule is CCCCCCCSC1CC[C@H](O)C1CCCCCCC(=O)O. The van der Waals surface area contributed by atoms with Gasteiger partial charge in [0.25, 0.3) is 0 Å². The molecule has 4 heteroatoms. The summed E-state index contributed by atoms with van der Waals surface area (Å²) in [5.74, 6) is 1.03. The highest BCUT2D eigenvalue weighted by molar-refractivity contribution is 7.99. The molecule has 0 heterocycles. The Morgan fingerprint density at radius 3 is 2.43 bits per heavy atom. The van der Waals surface area contributed by atoms with Crippen molar-refractivity contribution in [1.82, 2.24) is 0 Å². The Kier molecular flexibility index (Phi) is 11.9. The first-order chi connectivity index (χ1) is 11.1. The van der Waals surface area contributed by atoms with Crippen LogP contribution in [0.15, 0.2) is 0 Å². The van der Waals surface area contributed by atoms with E-state index in [9.17, 15) is 9.90 Å². The molecule has 1 rings (SSSR count). The summed E-state index contributed by atoms with van der Waals surface area (Å²) in [5.41, 5.74) is 0. The predicted octanol–water partition coefficient (Wildman–Crippen LogP) is 5.25. The first-order valence-electron chi connectivity index (χ1n) is 9.66. The van der Waals surface area contributed by atoms with Crippen molar-refractivity contribution in [3.05, 3.63) is 0 Å². The molecule has 3 nitrogen and oxygen atoms in total. The van der Waals surface area contributed by atoms with Gasteiger partial charge in [-0.2, -0.15) is 11.8 Å². The molecule has 0 saturated heterocycles. The van der Waals surface area contributed by atoms with Crippen LogP contribution >= 0.6 is 11.8 Å². The third-order valence-electron chi connectivity index (χ3n) is 4.98. The van der Waals surface area contributed by atoms with Crippen molar-refractivity contribution < 1.29 is 15.0 Å². The first kappa shape index (κ1) is 20.8. The van der Waals surface area contributed by atoms with E-state index in [2.05, 4.69) is 18.7 Å². The second kappa shape index (κ2) is 13.1. The van der Waals surface area contributed by atoms with E-state index in [0.29, 0.717) is 17.6 Å². The van der Waals surface area contributed by atoms with Gasteiger partial charge in [0.15, 0.2) is 0 Å². The number of aliphatic carboxylic acids is 1. The first-order valence-corrected chi connectivity index (χ1v) is 10.7. The Labute approximate surface area is 146 Å². The van der Waals surface area contributed by atoms with Gasteiger partial charge in [0.05, 0.1) is 6.10 Å². The molecule has 0 aromatic heterocycles. The largest absolute Gasteiger partial charge is 0.481 e.